The molecule has 0 aliphatic heterocycles. The number of benzene rings is 1. The second kappa shape index (κ2) is 6.39. The topological polar surface area (TPSA) is 50.9 Å². The highest BCUT2D eigenvalue weighted by molar-refractivity contribution is 5.20. The minimum Gasteiger partial charge on any atom is -0.393 e. The van der Waals surface area contributed by atoms with E-state index < -0.39 is 0 Å². The average Bonchev–Trinajstić information content (AvgIpc) is 2.97. The van der Waals surface area contributed by atoms with Crippen LogP contribution in [0.1, 0.15) is 43.5 Å². The van der Waals surface area contributed by atoms with Crippen molar-refractivity contribution in [1.29, 1.82) is 0 Å². The van der Waals surface area contributed by atoms with Crippen LogP contribution in [-0.2, 0) is 13.0 Å². The summed E-state index contributed by atoms with van der Waals surface area (Å²) in [5.41, 5.74) is 1.39. The van der Waals surface area contributed by atoms with E-state index in [4.69, 9.17) is 0 Å². The van der Waals surface area contributed by atoms with Gasteiger partial charge in [0, 0.05) is 13.0 Å². The molecule has 1 aromatic carbocycles. The number of aliphatic hydroxyl groups excluding tert-OH is 1. The summed E-state index contributed by atoms with van der Waals surface area (Å²) >= 11 is 0. The molecule has 0 saturated heterocycles. The second-order valence-electron chi connectivity index (χ2n) is 5.94. The summed E-state index contributed by atoms with van der Waals surface area (Å²) in [6, 6.07) is 10.7. The smallest absolute Gasteiger partial charge is 0.138 e. The average molecular weight is 285 g/mol. The fourth-order valence-corrected chi connectivity index (χ4v) is 3.44. The van der Waals surface area contributed by atoms with E-state index in [1.54, 1.807) is 6.33 Å². The van der Waals surface area contributed by atoms with Gasteiger partial charge in [-0.2, -0.15) is 5.10 Å². The Morgan fingerprint density at radius 2 is 2.05 bits per heavy atom. The molecule has 0 bridgehead atoms. The third-order valence-corrected chi connectivity index (χ3v) is 4.65. The van der Waals surface area contributed by atoms with E-state index in [1.807, 2.05) is 4.68 Å². The first-order chi connectivity index (χ1) is 10.3. The van der Waals surface area contributed by atoms with Crippen molar-refractivity contribution in [2.75, 3.05) is 0 Å². The molecule has 112 valence electrons. The van der Waals surface area contributed by atoms with Gasteiger partial charge in [-0.1, -0.05) is 30.3 Å². The van der Waals surface area contributed by atoms with E-state index in [1.165, 1.54) is 5.56 Å². The highest BCUT2D eigenvalue weighted by Crippen LogP contribution is 2.37. The molecular formula is C17H23N3O. The Bertz CT molecular complexity index is 566. The molecular weight excluding hydrogens is 262 g/mol. The van der Waals surface area contributed by atoms with E-state index >= 15 is 0 Å². The predicted molar refractivity (Wildman–Crippen MR) is 81.9 cm³/mol. The first-order valence-electron chi connectivity index (χ1n) is 7.87. The minimum absolute atomic E-state index is 0.216. The molecule has 4 nitrogen and oxygen atoms in total. The van der Waals surface area contributed by atoms with Crippen molar-refractivity contribution in [2.45, 2.75) is 51.2 Å². The molecule has 3 unspecified atom stereocenters. The summed E-state index contributed by atoms with van der Waals surface area (Å²) < 4.78 is 1.93. The maximum Gasteiger partial charge on any atom is 0.138 e. The van der Waals surface area contributed by atoms with Gasteiger partial charge in [-0.05, 0) is 43.6 Å². The predicted octanol–water partition coefficient (Wildman–Crippen LogP) is 2.79. The summed E-state index contributed by atoms with van der Waals surface area (Å²) in [6.07, 6.45) is 5.20. The van der Waals surface area contributed by atoms with Crippen LogP contribution in [0.25, 0.3) is 0 Å². The molecule has 0 radical (unpaired) electrons. The largest absolute Gasteiger partial charge is 0.393 e. The monoisotopic (exact) mass is 285 g/mol. The maximum absolute atomic E-state index is 10.3. The summed E-state index contributed by atoms with van der Waals surface area (Å²) in [5.74, 6) is 1.83. The van der Waals surface area contributed by atoms with E-state index in [9.17, 15) is 5.11 Å². The fourth-order valence-electron chi connectivity index (χ4n) is 3.44. The van der Waals surface area contributed by atoms with Gasteiger partial charge in [-0.15, -0.1) is 0 Å². The lowest BCUT2D eigenvalue weighted by atomic mass is 9.75. The second-order valence-corrected chi connectivity index (χ2v) is 5.94. The van der Waals surface area contributed by atoms with Crippen LogP contribution in [0, 0.1) is 5.92 Å². The van der Waals surface area contributed by atoms with Crippen LogP contribution >= 0.6 is 0 Å². The van der Waals surface area contributed by atoms with Gasteiger partial charge in [0.1, 0.15) is 12.2 Å². The third kappa shape index (κ3) is 3.16. The first kappa shape index (κ1) is 14.3. The summed E-state index contributed by atoms with van der Waals surface area (Å²) in [6.45, 7) is 2.91. The van der Waals surface area contributed by atoms with Gasteiger partial charge < -0.3 is 5.11 Å². The van der Waals surface area contributed by atoms with Crippen molar-refractivity contribution in [2.24, 2.45) is 5.92 Å². The zero-order valence-corrected chi connectivity index (χ0v) is 12.5. The van der Waals surface area contributed by atoms with Crippen LogP contribution in [0.15, 0.2) is 36.7 Å². The summed E-state index contributed by atoms with van der Waals surface area (Å²) in [5, 5.41) is 14.6. The van der Waals surface area contributed by atoms with Crippen molar-refractivity contribution < 1.29 is 5.11 Å². The van der Waals surface area contributed by atoms with Crippen molar-refractivity contribution in [3.63, 3.8) is 0 Å². The SMILES string of the molecule is CCn1ncnc1CC1CC(c2ccccc2)CCC1O. The normalized spacial score (nSPS) is 25.9. The Labute approximate surface area is 125 Å². The Kier molecular flexibility index (Phi) is 4.34. The Morgan fingerprint density at radius 3 is 2.81 bits per heavy atom. The Hall–Kier alpha value is -1.68. The van der Waals surface area contributed by atoms with Gasteiger partial charge in [0.2, 0.25) is 0 Å². The molecule has 1 aliphatic rings. The number of rotatable bonds is 4. The molecule has 0 amide bonds. The van der Waals surface area contributed by atoms with Gasteiger partial charge in [0.05, 0.1) is 6.10 Å². The van der Waals surface area contributed by atoms with Crippen molar-refractivity contribution >= 4 is 0 Å². The van der Waals surface area contributed by atoms with Gasteiger partial charge in [-0.25, -0.2) is 4.98 Å². The van der Waals surface area contributed by atoms with Crippen molar-refractivity contribution in [1.82, 2.24) is 14.8 Å². The number of hydrogen-bond donors (Lipinski definition) is 1. The van der Waals surface area contributed by atoms with Gasteiger partial charge in [0.25, 0.3) is 0 Å². The first-order valence-corrected chi connectivity index (χ1v) is 7.87. The van der Waals surface area contributed by atoms with E-state index in [0.717, 1.165) is 38.1 Å². The third-order valence-electron chi connectivity index (χ3n) is 4.65. The van der Waals surface area contributed by atoms with Crippen LogP contribution in [0.2, 0.25) is 0 Å². The molecule has 1 fully saturated rings. The highest BCUT2D eigenvalue weighted by atomic mass is 16.3. The maximum atomic E-state index is 10.3. The quantitative estimate of drug-likeness (QED) is 0.939. The summed E-state index contributed by atoms with van der Waals surface area (Å²) in [7, 11) is 0. The van der Waals surface area contributed by atoms with Crippen LogP contribution in [0.5, 0.6) is 0 Å². The number of aryl methyl sites for hydroxylation is 1. The Morgan fingerprint density at radius 1 is 1.24 bits per heavy atom. The van der Waals surface area contributed by atoms with E-state index in [2.05, 4.69) is 47.3 Å². The molecule has 21 heavy (non-hydrogen) atoms. The molecule has 2 aromatic rings. The lowest BCUT2D eigenvalue weighted by Crippen LogP contribution is -2.30. The van der Waals surface area contributed by atoms with Crippen LogP contribution in [0.4, 0.5) is 0 Å². The molecule has 1 aromatic heterocycles. The van der Waals surface area contributed by atoms with Crippen LogP contribution in [-0.4, -0.2) is 26.0 Å². The highest BCUT2D eigenvalue weighted by Gasteiger charge is 2.31. The molecule has 3 rings (SSSR count). The van der Waals surface area contributed by atoms with E-state index in [-0.39, 0.29) is 12.0 Å². The Balaban J connectivity index is 1.72. The van der Waals surface area contributed by atoms with Crippen molar-refractivity contribution in [3.05, 3.63) is 48.0 Å². The number of aliphatic hydroxyl groups is 1. The molecule has 3 atom stereocenters. The minimum atomic E-state index is -0.216. The number of nitrogens with zero attached hydrogens (tertiary/aromatic N) is 3. The van der Waals surface area contributed by atoms with Crippen molar-refractivity contribution in [3.8, 4) is 0 Å². The lowest BCUT2D eigenvalue weighted by Gasteiger charge is -2.33. The zero-order valence-electron chi connectivity index (χ0n) is 12.5. The molecule has 1 heterocycles. The zero-order chi connectivity index (χ0) is 14.7. The number of hydrogen-bond acceptors (Lipinski definition) is 3. The van der Waals surface area contributed by atoms with E-state index in [0.29, 0.717) is 5.92 Å². The molecule has 4 heteroatoms. The fraction of sp³-hybridized carbons (Fsp3) is 0.529. The summed E-state index contributed by atoms with van der Waals surface area (Å²) in [4.78, 5) is 4.35. The lowest BCUT2D eigenvalue weighted by molar-refractivity contribution is 0.0604. The number of aromatic nitrogens is 3. The van der Waals surface area contributed by atoms with Crippen LogP contribution < -0.4 is 0 Å². The van der Waals surface area contributed by atoms with Gasteiger partial charge in [-0.3, -0.25) is 4.68 Å². The standard InChI is InChI=1S/C17H23N3O/c1-2-20-17(18-12-19-20)11-15-10-14(8-9-16(15)21)13-6-4-3-5-7-13/h3-7,12,14-16,21H,2,8-11H2,1H3. The molecule has 1 saturated carbocycles. The molecule has 1 N–H and O–H groups in total. The van der Waals surface area contributed by atoms with Gasteiger partial charge >= 0.3 is 0 Å². The van der Waals surface area contributed by atoms with Gasteiger partial charge in [0.15, 0.2) is 0 Å². The van der Waals surface area contributed by atoms with Crippen LogP contribution in [0.3, 0.4) is 0 Å². The molecule has 0 spiro atoms. The molecule has 1 aliphatic carbocycles.